The molecule has 0 radical (unpaired) electrons. The highest BCUT2D eigenvalue weighted by Gasteiger charge is 2.31. The minimum Gasteiger partial charge on any atom is -0.263 e. The Hall–Kier alpha value is -2.32. The van der Waals surface area contributed by atoms with E-state index in [-0.39, 0.29) is 10.8 Å². The van der Waals surface area contributed by atoms with Crippen molar-refractivity contribution in [2.24, 2.45) is 7.05 Å². The Kier molecular flexibility index (Phi) is 4.01. The van der Waals surface area contributed by atoms with Crippen molar-refractivity contribution in [1.82, 2.24) is 24.1 Å². The van der Waals surface area contributed by atoms with Gasteiger partial charge in [0.05, 0.1) is 6.20 Å². The lowest BCUT2D eigenvalue weighted by Gasteiger charge is -2.31. The van der Waals surface area contributed by atoms with Gasteiger partial charge in [-0.25, -0.2) is 13.4 Å². The van der Waals surface area contributed by atoms with Crippen LogP contribution in [0.15, 0.2) is 47.8 Å². The quantitative estimate of drug-likeness (QED) is 0.715. The minimum atomic E-state index is -3.52. The smallest absolute Gasteiger partial charge is 0.244 e. The maximum absolute atomic E-state index is 12.8. The molecule has 0 bridgehead atoms. The van der Waals surface area contributed by atoms with Crippen molar-refractivity contribution < 1.29 is 8.42 Å². The molecule has 0 saturated carbocycles. The van der Waals surface area contributed by atoms with Crippen LogP contribution >= 0.6 is 0 Å². The van der Waals surface area contributed by atoms with Gasteiger partial charge in [-0.05, 0) is 37.1 Å². The number of pyridine rings is 2. The van der Waals surface area contributed by atoms with E-state index in [1.165, 1.54) is 6.20 Å². The maximum atomic E-state index is 12.8. The summed E-state index contributed by atoms with van der Waals surface area (Å²) in [5.41, 5.74) is 1.74. The first-order chi connectivity index (χ1) is 12.1. The Labute approximate surface area is 146 Å². The largest absolute Gasteiger partial charge is 0.263 e. The van der Waals surface area contributed by atoms with Crippen molar-refractivity contribution in [2.75, 3.05) is 13.1 Å². The second-order valence-corrected chi connectivity index (χ2v) is 8.25. The second kappa shape index (κ2) is 6.20. The van der Waals surface area contributed by atoms with Crippen LogP contribution in [-0.4, -0.2) is 45.6 Å². The molecule has 8 heteroatoms. The van der Waals surface area contributed by atoms with Gasteiger partial charge in [-0.2, -0.15) is 9.40 Å². The van der Waals surface area contributed by atoms with Crippen LogP contribution in [0.4, 0.5) is 0 Å². The van der Waals surface area contributed by atoms with Crippen molar-refractivity contribution >= 4 is 21.1 Å². The fourth-order valence-corrected chi connectivity index (χ4v) is 4.80. The predicted octanol–water partition coefficient (Wildman–Crippen LogP) is 1.93. The molecule has 4 rings (SSSR count). The summed E-state index contributed by atoms with van der Waals surface area (Å²) in [7, 11) is -1.66. The first kappa shape index (κ1) is 16.2. The van der Waals surface area contributed by atoms with E-state index in [0.29, 0.717) is 13.1 Å². The number of aryl methyl sites for hydroxylation is 1. The molecule has 1 aliphatic heterocycles. The van der Waals surface area contributed by atoms with E-state index < -0.39 is 10.0 Å². The number of hydrogen-bond donors (Lipinski definition) is 0. The van der Waals surface area contributed by atoms with E-state index in [0.717, 1.165) is 29.6 Å². The van der Waals surface area contributed by atoms with Crippen molar-refractivity contribution in [2.45, 2.75) is 23.7 Å². The third-order valence-electron chi connectivity index (χ3n) is 4.68. The molecule has 0 unspecified atom stereocenters. The number of sulfonamides is 1. The van der Waals surface area contributed by atoms with E-state index in [1.54, 1.807) is 33.5 Å². The maximum Gasteiger partial charge on any atom is 0.244 e. The monoisotopic (exact) mass is 357 g/mol. The Morgan fingerprint density at radius 3 is 2.88 bits per heavy atom. The zero-order valence-electron chi connectivity index (χ0n) is 13.9. The molecule has 0 spiro atoms. The minimum absolute atomic E-state index is 0.0829. The molecule has 25 heavy (non-hydrogen) atoms. The molecule has 130 valence electrons. The van der Waals surface area contributed by atoms with Gasteiger partial charge in [0.1, 0.15) is 4.90 Å². The van der Waals surface area contributed by atoms with E-state index in [1.807, 2.05) is 19.2 Å². The molecule has 0 N–H and O–H groups in total. The molecule has 7 nitrogen and oxygen atoms in total. The van der Waals surface area contributed by atoms with Gasteiger partial charge in [0.25, 0.3) is 0 Å². The van der Waals surface area contributed by atoms with Gasteiger partial charge in [0.2, 0.25) is 10.0 Å². The van der Waals surface area contributed by atoms with Crippen molar-refractivity contribution in [1.29, 1.82) is 0 Å². The zero-order valence-corrected chi connectivity index (χ0v) is 14.7. The van der Waals surface area contributed by atoms with Crippen LogP contribution in [0, 0.1) is 0 Å². The lowest BCUT2D eigenvalue weighted by molar-refractivity contribution is 0.313. The second-order valence-electron chi connectivity index (χ2n) is 6.31. The normalized spacial score (nSPS) is 19.3. The molecule has 1 atom stereocenters. The molecule has 0 amide bonds. The average Bonchev–Trinajstić information content (AvgIpc) is 3.03. The predicted molar refractivity (Wildman–Crippen MR) is 93.5 cm³/mol. The highest BCUT2D eigenvalue weighted by Crippen LogP contribution is 2.30. The molecule has 0 aliphatic carbocycles. The fourth-order valence-electron chi connectivity index (χ4n) is 3.32. The highest BCUT2D eigenvalue weighted by atomic mass is 32.2. The van der Waals surface area contributed by atoms with Gasteiger partial charge < -0.3 is 0 Å². The average molecular weight is 357 g/mol. The van der Waals surface area contributed by atoms with Gasteiger partial charge in [-0.15, -0.1) is 0 Å². The number of fused-ring (bicyclic) bond motifs is 1. The third-order valence-corrected chi connectivity index (χ3v) is 6.53. The van der Waals surface area contributed by atoms with Gasteiger partial charge in [-0.1, -0.05) is 0 Å². The fraction of sp³-hybridized carbons (Fsp3) is 0.353. The van der Waals surface area contributed by atoms with Crippen molar-refractivity contribution in [3.63, 3.8) is 0 Å². The zero-order chi connectivity index (χ0) is 17.4. The number of hydrogen-bond acceptors (Lipinski definition) is 5. The summed E-state index contributed by atoms with van der Waals surface area (Å²) in [6.45, 7) is 0.968. The lowest BCUT2D eigenvalue weighted by Crippen LogP contribution is -2.39. The SMILES string of the molecule is Cn1ncc2ccc([C@@H]3CCCN(S(=O)(=O)c4cccnc4)C3)nc21. The van der Waals surface area contributed by atoms with E-state index >= 15 is 0 Å². The van der Waals surface area contributed by atoms with Crippen LogP contribution in [0.1, 0.15) is 24.5 Å². The van der Waals surface area contributed by atoms with Gasteiger partial charge in [0, 0.05) is 49.5 Å². The summed E-state index contributed by atoms with van der Waals surface area (Å²) in [5.74, 6) is 0.0829. The van der Waals surface area contributed by atoms with E-state index in [4.69, 9.17) is 4.98 Å². The van der Waals surface area contributed by atoms with Crippen LogP contribution < -0.4 is 0 Å². The van der Waals surface area contributed by atoms with Crippen molar-refractivity contribution in [3.05, 3.63) is 48.5 Å². The molecule has 0 aromatic carbocycles. The molecular weight excluding hydrogens is 338 g/mol. The molecule has 3 aromatic heterocycles. The molecule has 4 heterocycles. The van der Waals surface area contributed by atoms with Crippen LogP contribution in [0.25, 0.3) is 11.0 Å². The topological polar surface area (TPSA) is 81.0 Å². The highest BCUT2D eigenvalue weighted by molar-refractivity contribution is 7.89. The first-order valence-electron chi connectivity index (χ1n) is 8.24. The van der Waals surface area contributed by atoms with Gasteiger partial charge in [0.15, 0.2) is 5.65 Å². The lowest BCUT2D eigenvalue weighted by atomic mass is 9.95. The summed E-state index contributed by atoms with van der Waals surface area (Å²) in [6, 6.07) is 7.21. The molecule has 3 aromatic rings. The number of rotatable bonds is 3. The number of piperidine rings is 1. The summed E-state index contributed by atoms with van der Waals surface area (Å²) in [5, 5.41) is 5.20. The number of aromatic nitrogens is 4. The Bertz CT molecular complexity index is 1000. The molecular formula is C17H19N5O2S. The van der Waals surface area contributed by atoms with Crippen LogP contribution in [-0.2, 0) is 17.1 Å². The Morgan fingerprint density at radius 1 is 1.20 bits per heavy atom. The van der Waals surface area contributed by atoms with Crippen LogP contribution in [0.2, 0.25) is 0 Å². The van der Waals surface area contributed by atoms with Crippen LogP contribution in [0.5, 0.6) is 0 Å². The standard InChI is InChI=1S/C17H19N5O2S/c1-21-17-13(10-19-21)6-7-16(20-17)14-4-3-9-22(12-14)25(23,24)15-5-2-8-18-11-15/h2,5-8,10-11,14H,3-4,9,12H2,1H3/t14-/m1/s1. The van der Waals surface area contributed by atoms with Crippen LogP contribution in [0.3, 0.4) is 0 Å². The van der Waals surface area contributed by atoms with E-state index in [9.17, 15) is 8.42 Å². The third kappa shape index (κ3) is 2.91. The Morgan fingerprint density at radius 2 is 2.08 bits per heavy atom. The summed E-state index contributed by atoms with van der Waals surface area (Å²) in [6.07, 6.45) is 6.50. The summed E-state index contributed by atoms with van der Waals surface area (Å²) < 4.78 is 29.0. The van der Waals surface area contributed by atoms with Crippen molar-refractivity contribution in [3.8, 4) is 0 Å². The first-order valence-corrected chi connectivity index (χ1v) is 9.68. The molecule has 1 saturated heterocycles. The molecule has 1 aliphatic rings. The molecule has 1 fully saturated rings. The van der Waals surface area contributed by atoms with Gasteiger partial charge >= 0.3 is 0 Å². The van der Waals surface area contributed by atoms with Gasteiger partial charge in [-0.3, -0.25) is 9.67 Å². The summed E-state index contributed by atoms with van der Waals surface area (Å²) >= 11 is 0. The Balaban J connectivity index is 1.63. The van der Waals surface area contributed by atoms with E-state index in [2.05, 4.69) is 10.1 Å². The summed E-state index contributed by atoms with van der Waals surface area (Å²) in [4.78, 5) is 8.89. The number of nitrogens with zero attached hydrogens (tertiary/aromatic N) is 5.